The highest BCUT2D eigenvalue weighted by Crippen LogP contribution is 2.26. The molecule has 0 aromatic carbocycles. The van der Waals surface area contributed by atoms with Gasteiger partial charge in [-0.1, -0.05) is 13.5 Å². The van der Waals surface area contributed by atoms with Crippen LogP contribution in [0.3, 0.4) is 0 Å². The number of nitrogens with one attached hydrogen (secondary N) is 1. The molecule has 0 aliphatic carbocycles. The Morgan fingerprint density at radius 3 is 2.52 bits per heavy atom. The van der Waals surface area contributed by atoms with Crippen molar-refractivity contribution in [2.45, 2.75) is 65.0 Å². The summed E-state index contributed by atoms with van der Waals surface area (Å²) in [6.07, 6.45) is 3.49. The van der Waals surface area contributed by atoms with Crippen LogP contribution in [0.2, 0.25) is 0 Å². The fraction of sp³-hybridized carbons (Fsp3) is 0.812. The predicted molar refractivity (Wildman–Crippen MR) is 91.6 cm³/mol. The molecule has 1 amide bonds. The second-order valence-corrected chi connectivity index (χ2v) is 8.60. The third-order valence-corrected chi connectivity index (χ3v) is 5.38. The fourth-order valence-electron chi connectivity index (χ4n) is 3.21. The number of hydrogen-bond acceptors (Lipinski definition) is 4. The van der Waals surface area contributed by atoms with Crippen LogP contribution in [0.5, 0.6) is 0 Å². The molecule has 1 heterocycles. The van der Waals surface area contributed by atoms with Crippen molar-refractivity contribution in [3.8, 4) is 0 Å². The van der Waals surface area contributed by atoms with Crippen LogP contribution < -0.4 is 5.32 Å². The van der Waals surface area contributed by atoms with Crippen LogP contribution in [0, 0.1) is 5.92 Å². The lowest BCUT2D eigenvalue weighted by molar-refractivity contribution is -0.127. The molecule has 6 nitrogen and oxygen atoms in total. The first-order valence-electron chi connectivity index (χ1n) is 8.17. The van der Waals surface area contributed by atoms with Gasteiger partial charge in [0, 0.05) is 24.2 Å². The molecule has 0 saturated carbocycles. The number of allylic oxidation sites excluding steroid dienone is 1. The first-order chi connectivity index (χ1) is 10.4. The third-order valence-electron chi connectivity index (χ3n) is 4.30. The summed E-state index contributed by atoms with van der Waals surface area (Å²) in [6.45, 7) is 12.3. The summed E-state index contributed by atoms with van der Waals surface area (Å²) in [5.74, 6) is -0.863. The van der Waals surface area contributed by atoms with Gasteiger partial charge in [-0.3, -0.25) is 9.35 Å². The highest BCUT2D eigenvalue weighted by atomic mass is 32.2. The Morgan fingerprint density at radius 1 is 1.48 bits per heavy atom. The Kier molecular flexibility index (Phi) is 6.65. The van der Waals surface area contributed by atoms with Crippen LogP contribution >= 0.6 is 0 Å². The van der Waals surface area contributed by atoms with Crippen molar-refractivity contribution in [1.82, 2.24) is 10.2 Å². The topological polar surface area (TPSA) is 86.7 Å². The summed E-state index contributed by atoms with van der Waals surface area (Å²) in [5.41, 5.74) is 0.123. The second kappa shape index (κ2) is 7.66. The first-order valence-corrected chi connectivity index (χ1v) is 9.77. The van der Waals surface area contributed by atoms with E-state index in [1.807, 2.05) is 6.92 Å². The van der Waals surface area contributed by atoms with Crippen LogP contribution in [0.4, 0.5) is 0 Å². The van der Waals surface area contributed by atoms with E-state index in [2.05, 4.69) is 23.7 Å². The van der Waals surface area contributed by atoms with E-state index in [9.17, 15) is 13.2 Å². The molecule has 0 radical (unpaired) electrons. The number of amides is 1. The largest absolute Gasteiger partial charge is 0.373 e. The monoisotopic (exact) mass is 346 g/mol. The Hall–Kier alpha value is -1.08. The van der Waals surface area contributed by atoms with Crippen molar-refractivity contribution in [2.75, 3.05) is 12.3 Å². The van der Waals surface area contributed by atoms with Gasteiger partial charge in [-0.25, -0.2) is 0 Å². The van der Waals surface area contributed by atoms with E-state index in [-0.39, 0.29) is 17.9 Å². The molecule has 2 atom stereocenters. The fourth-order valence-corrected chi connectivity index (χ4v) is 4.20. The lowest BCUT2D eigenvalue weighted by atomic mass is 9.95. The maximum absolute atomic E-state index is 12.5. The van der Waals surface area contributed by atoms with Crippen LogP contribution in [0.15, 0.2) is 12.3 Å². The van der Waals surface area contributed by atoms with E-state index in [0.717, 1.165) is 25.1 Å². The van der Waals surface area contributed by atoms with E-state index in [4.69, 9.17) is 4.55 Å². The molecule has 0 spiro atoms. The van der Waals surface area contributed by atoms with Gasteiger partial charge in [-0.2, -0.15) is 8.42 Å². The molecule has 2 N–H and O–H groups in total. The first kappa shape index (κ1) is 20.0. The molecule has 23 heavy (non-hydrogen) atoms. The van der Waals surface area contributed by atoms with Gasteiger partial charge in [0.2, 0.25) is 5.91 Å². The van der Waals surface area contributed by atoms with Gasteiger partial charge in [0.15, 0.2) is 0 Å². The lowest BCUT2D eigenvalue weighted by Crippen LogP contribution is -2.50. The summed E-state index contributed by atoms with van der Waals surface area (Å²) in [7, 11) is -4.14. The number of carbonyl (C=O) groups excluding carboxylic acids is 1. The molecule has 1 aliphatic rings. The molecular weight excluding hydrogens is 316 g/mol. The molecule has 1 aliphatic heterocycles. The van der Waals surface area contributed by atoms with Gasteiger partial charge in [0.1, 0.15) is 0 Å². The molecule has 1 rings (SSSR count). The van der Waals surface area contributed by atoms with Crippen LogP contribution in [0.1, 0.15) is 53.4 Å². The maximum atomic E-state index is 12.5. The van der Waals surface area contributed by atoms with Gasteiger partial charge in [0.05, 0.1) is 11.3 Å². The number of hydrogen-bond donors (Lipinski definition) is 2. The van der Waals surface area contributed by atoms with E-state index in [0.29, 0.717) is 12.8 Å². The summed E-state index contributed by atoms with van der Waals surface area (Å²) in [4.78, 5) is 14.7. The minimum atomic E-state index is -4.14. The highest BCUT2D eigenvalue weighted by Gasteiger charge is 2.31. The predicted octanol–water partition coefficient (Wildman–Crippen LogP) is 2.18. The zero-order chi connectivity index (χ0) is 17.8. The Balaban J connectivity index is 2.66. The number of carbonyl (C=O) groups is 1. The van der Waals surface area contributed by atoms with Gasteiger partial charge < -0.3 is 10.2 Å². The van der Waals surface area contributed by atoms with Crippen molar-refractivity contribution in [3.05, 3.63) is 12.3 Å². The second-order valence-electron chi connectivity index (χ2n) is 7.15. The third kappa shape index (κ3) is 6.51. The SMILES string of the molecule is C=C1CCCN1C(C)CC(CC)C(=O)NC(C)(C)CS(=O)(=O)O. The van der Waals surface area contributed by atoms with Gasteiger partial charge in [-0.15, -0.1) is 0 Å². The number of likely N-dealkylation sites (tertiary alicyclic amines) is 1. The quantitative estimate of drug-likeness (QED) is 0.658. The summed E-state index contributed by atoms with van der Waals surface area (Å²) >= 11 is 0. The molecule has 0 aromatic heterocycles. The minimum absolute atomic E-state index is 0.169. The molecule has 1 saturated heterocycles. The zero-order valence-corrected chi connectivity index (χ0v) is 15.4. The maximum Gasteiger partial charge on any atom is 0.267 e. The summed E-state index contributed by atoms with van der Waals surface area (Å²) in [6, 6.07) is 0.227. The van der Waals surface area contributed by atoms with Gasteiger partial charge >= 0.3 is 0 Å². The van der Waals surface area contributed by atoms with Crippen LogP contribution in [-0.4, -0.2) is 47.7 Å². The molecule has 7 heteroatoms. The summed E-state index contributed by atoms with van der Waals surface area (Å²) in [5, 5.41) is 2.75. The van der Waals surface area contributed by atoms with Crippen molar-refractivity contribution < 1.29 is 17.8 Å². The van der Waals surface area contributed by atoms with Crippen molar-refractivity contribution in [1.29, 1.82) is 0 Å². The molecular formula is C16H30N2O4S. The Morgan fingerprint density at radius 2 is 2.09 bits per heavy atom. The average molecular weight is 346 g/mol. The molecule has 0 aromatic rings. The Labute approximate surface area is 140 Å². The normalized spacial score (nSPS) is 18.8. The van der Waals surface area contributed by atoms with Crippen molar-refractivity contribution in [2.24, 2.45) is 5.92 Å². The molecule has 2 unspecified atom stereocenters. The van der Waals surface area contributed by atoms with E-state index < -0.39 is 21.4 Å². The van der Waals surface area contributed by atoms with Gasteiger partial charge in [0.25, 0.3) is 10.1 Å². The van der Waals surface area contributed by atoms with E-state index in [1.54, 1.807) is 13.8 Å². The Bertz CT molecular complexity index is 542. The van der Waals surface area contributed by atoms with Crippen LogP contribution in [-0.2, 0) is 14.9 Å². The van der Waals surface area contributed by atoms with Crippen molar-refractivity contribution in [3.63, 3.8) is 0 Å². The smallest absolute Gasteiger partial charge is 0.267 e. The summed E-state index contributed by atoms with van der Waals surface area (Å²) < 4.78 is 31.1. The zero-order valence-electron chi connectivity index (χ0n) is 14.6. The number of rotatable bonds is 8. The molecule has 1 fully saturated rings. The van der Waals surface area contributed by atoms with Crippen molar-refractivity contribution >= 4 is 16.0 Å². The van der Waals surface area contributed by atoms with Crippen LogP contribution in [0.25, 0.3) is 0 Å². The van der Waals surface area contributed by atoms with E-state index >= 15 is 0 Å². The number of nitrogens with zero attached hydrogens (tertiary/aromatic N) is 1. The van der Waals surface area contributed by atoms with Gasteiger partial charge in [-0.05, 0) is 46.5 Å². The standard InChI is InChI=1S/C16H30N2O4S/c1-6-14(10-13(3)18-9-7-8-12(18)2)15(19)17-16(4,5)11-23(20,21)22/h13-14H,2,6-11H2,1,3-5H3,(H,17,19)(H,20,21,22). The average Bonchev–Trinajstić information content (AvgIpc) is 2.78. The van der Waals surface area contributed by atoms with E-state index in [1.165, 1.54) is 0 Å². The lowest BCUT2D eigenvalue weighted by Gasteiger charge is -2.32. The minimum Gasteiger partial charge on any atom is -0.373 e. The molecule has 134 valence electrons. The highest BCUT2D eigenvalue weighted by molar-refractivity contribution is 7.85. The molecule has 0 bridgehead atoms.